The summed E-state index contributed by atoms with van der Waals surface area (Å²) in [5, 5.41) is 8.62. The molecule has 0 aliphatic heterocycles. The fourth-order valence-corrected chi connectivity index (χ4v) is 4.23. The summed E-state index contributed by atoms with van der Waals surface area (Å²) < 4.78 is 63.4. The van der Waals surface area contributed by atoms with E-state index in [1.807, 2.05) is 32.7 Å². The monoisotopic (exact) mass is 480 g/mol. The molecular formula is C20H23F3N8OS. The van der Waals surface area contributed by atoms with E-state index in [2.05, 4.69) is 20.2 Å². The summed E-state index contributed by atoms with van der Waals surface area (Å²) in [7, 11) is -1.47. The largest absolute Gasteiger partial charge is 0.417 e. The molecule has 0 saturated heterocycles. The average molecular weight is 481 g/mol. The van der Waals surface area contributed by atoms with Gasteiger partial charge in [0.25, 0.3) is 0 Å². The lowest BCUT2D eigenvalue weighted by atomic mass is 10.1. The third kappa shape index (κ3) is 3.90. The van der Waals surface area contributed by atoms with Crippen LogP contribution in [0.4, 0.5) is 19.0 Å². The fourth-order valence-electron chi connectivity index (χ4n) is 3.23. The molecule has 4 rings (SSSR count). The minimum atomic E-state index is -4.54. The van der Waals surface area contributed by atoms with E-state index in [9.17, 15) is 17.4 Å². The lowest BCUT2D eigenvalue weighted by Gasteiger charge is -2.33. The summed E-state index contributed by atoms with van der Waals surface area (Å²) in [6.07, 6.45) is -2.15. The van der Waals surface area contributed by atoms with Crippen LogP contribution in [0.15, 0.2) is 35.6 Å². The number of anilines is 1. The van der Waals surface area contributed by atoms with Crippen molar-refractivity contribution in [2.24, 2.45) is 0 Å². The number of aromatic nitrogens is 6. The summed E-state index contributed by atoms with van der Waals surface area (Å²) in [5.74, 6) is 0.616. The van der Waals surface area contributed by atoms with E-state index in [0.717, 1.165) is 16.8 Å². The van der Waals surface area contributed by atoms with Gasteiger partial charge in [0.15, 0.2) is 22.1 Å². The van der Waals surface area contributed by atoms with Crippen molar-refractivity contribution in [3.05, 3.63) is 36.2 Å². The molecule has 176 valence electrons. The lowest BCUT2D eigenvalue weighted by molar-refractivity contribution is -0.137. The van der Waals surface area contributed by atoms with Crippen molar-refractivity contribution in [3.63, 3.8) is 0 Å². The molecule has 4 aromatic heterocycles. The molecular weight excluding hydrogens is 457 g/mol. The Kier molecular flexibility index (Phi) is 5.15. The molecule has 0 saturated carbocycles. The Morgan fingerprint density at radius 2 is 1.85 bits per heavy atom. The minimum absolute atomic E-state index is 0.00388. The van der Waals surface area contributed by atoms with Gasteiger partial charge in [0.1, 0.15) is 11.4 Å². The SMILES string of the molecule is CCS(=N)(=O)c1nn2c(N(C)C(C)(C)C)ccnc2c1-c1nc2ccc(C(F)(F)F)cn2n1. The van der Waals surface area contributed by atoms with Crippen molar-refractivity contribution >= 4 is 26.8 Å². The standard InChI is InChI=1S/C20H23F3N8OS/c1-6-33(24,32)18-15(16-26-13-8-7-12(20(21,22)23)11-30(13)27-16)17-25-10-9-14(31(17)28-18)29(5)19(2,3)4/h7-11,24H,6H2,1-5H3. The molecule has 13 heteroatoms. The molecule has 4 heterocycles. The van der Waals surface area contributed by atoms with Gasteiger partial charge in [-0.05, 0) is 39.0 Å². The third-order valence-electron chi connectivity index (χ3n) is 5.42. The number of halogens is 3. The van der Waals surface area contributed by atoms with Gasteiger partial charge in [-0.25, -0.2) is 23.5 Å². The smallest absolute Gasteiger partial charge is 0.355 e. The van der Waals surface area contributed by atoms with Crippen molar-refractivity contribution in [3.8, 4) is 11.4 Å². The third-order valence-corrected chi connectivity index (χ3v) is 7.14. The molecule has 0 spiro atoms. The molecule has 1 unspecified atom stereocenters. The van der Waals surface area contributed by atoms with Crippen LogP contribution in [-0.4, -0.2) is 51.7 Å². The Morgan fingerprint density at radius 1 is 1.15 bits per heavy atom. The molecule has 1 N–H and O–H groups in total. The first-order valence-corrected chi connectivity index (χ1v) is 11.8. The number of hydrogen-bond donors (Lipinski definition) is 1. The highest BCUT2D eigenvalue weighted by Crippen LogP contribution is 2.34. The molecule has 0 aromatic carbocycles. The zero-order valence-corrected chi connectivity index (χ0v) is 19.5. The summed E-state index contributed by atoms with van der Waals surface area (Å²) in [4.78, 5) is 10.7. The maximum atomic E-state index is 13.1. The fraction of sp³-hybridized carbons (Fsp3) is 0.400. The second kappa shape index (κ2) is 7.40. The van der Waals surface area contributed by atoms with Gasteiger partial charge in [-0.3, -0.25) is 0 Å². The maximum Gasteiger partial charge on any atom is 0.417 e. The van der Waals surface area contributed by atoms with Crippen LogP contribution in [0.3, 0.4) is 0 Å². The number of pyridine rings is 1. The van der Waals surface area contributed by atoms with Crippen molar-refractivity contribution in [1.29, 1.82) is 4.78 Å². The van der Waals surface area contributed by atoms with Crippen molar-refractivity contribution in [2.75, 3.05) is 17.7 Å². The van der Waals surface area contributed by atoms with Crippen LogP contribution >= 0.6 is 0 Å². The highest BCUT2D eigenvalue weighted by Gasteiger charge is 2.32. The predicted octanol–water partition coefficient (Wildman–Crippen LogP) is 4.12. The molecule has 4 aromatic rings. The van der Waals surface area contributed by atoms with Crippen molar-refractivity contribution in [1.82, 2.24) is 29.2 Å². The first kappa shape index (κ1) is 23.0. The zero-order chi connectivity index (χ0) is 24.3. The number of nitrogens with zero attached hydrogens (tertiary/aromatic N) is 7. The summed E-state index contributed by atoms with van der Waals surface area (Å²) >= 11 is 0. The van der Waals surface area contributed by atoms with Crippen LogP contribution in [-0.2, 0) is 15.9 Å². The second-order valence-electron chi connectivity index (χ2n) is 8.57. The van der Waals surface area contributed by atoms with E-state index in [0.29, 0.717) is 5.82 Å². The van der Waals surface area contributed by atoms with E-state index in [1.54, 1.807) is 19.2 Å². The van der Waals surface area contributed by atoms with Gasteiger partial charge >= 0.3 is 6.18 Å². The average Bonchev–Trinajstić information content (AvgIpc) is 3.32. The zero-order valence-electron chi connectivity index (χ0n) is 18.7. The minimum Gasteiger partial charge on any atom is -0.355 e. The van der Waals surface area contributed by atoms with Crippen LogP contribution in [0.2, 0.25) is 0 Å². The Balaban J connectivity index is 2.03. The Hall–Kier alpha value is -3.22. The number of alkyl halides is 3. The summed E-state index contributed by atoms with van der Waals surface area (Å²) in [6, 6.07) is 3.86. The highest BCUT2D eigenvalue weighted by atomic mass is 32.2. The van der Waals surface area contributed by atoms with Crippen molar-refractivity contribution < 1.29 is 17.4 Å². The first-order valence-electron chi connectivity index (χ1n) is 10.1. The summed E-state index contributed by atoms with van der Waals surface area (Å²) in [6.45, 7) is 7.62. The molecule has 0 fully saturated rings. The molecule has 0 aliphatic rings. The molecule has 9 nitrogen and oxygen atoms in total. The molecule has 1 atom stereocenters. The number of rotatable bonds is 4. The van der Waals surface area contributed by atoms with Gasteiger partial charge in [0, 0.05) is 30.7 Å². The topological polar surface area (TPSA) is 105 Å². The molecule has 0 bridgehead atoms. The Labute approximate surface area is 188 Å². The van der Waals surface area contributed by atoms with Gasteiger partial charge in [0.2, 0.25) is 0 Å². The molecule has 0 aliphatic carbocycles. The van der Waals surface area contributed by atoms with Crippen LogP contribution in [0.25, 0.3) is 22.7 Å². The van der Waals surface area contributed by atoms with Gasteiger partial charge in [-0.15, -0.1) is 5.10 Å². The number of nitrogens with one attached hydrogen (secondary N) is 1. The van der Waals surface area contributed by atoms with E-state index >= 15 is 0 Å². The highest BCUT2D eigenvalue weighted by molar-refractivity contribution is 7.92. The number of hydrogen-bond acceptors (Lipinski definition) is 7. The lowest BCUT2D eigenvalue weighted by Crippen LogP contribution is -2.39. The van der Waals surface area contributed by atoms with E-state index in [4.69, 9.17) is 4.78 Å². The quantitative estimate of drug-likeness (QED) is 0.471. The van der Waals surface area contributed by atoms with E-state index < -0.39 is 21.5 Å². The van der Waals surface area contributed by atoms with E-state index in [1.165, 1.54) is 10.6 Å². The van der Waals surface area contributed by atoms with Gasteiger partial charge in [-0.1, -0.05) is 6.92 Å². The van der Waals surface area contributed by atoms with Crippen LogP contribution < -0.4 is 4.90 Å². The first-order chi connectivity index (χ1) is 15.2. The Morgan fingerprint density at radius 3 is 2.45 bits per heavy atom. The normalized spacial score (nSPS) is 14.7. The van der Waals surface area contributed by atoms with Crippen molar-refractivity contribution in [2.45, 2.75) is 44.4 Å². The van der Waals surface area contributed by atoms with Gasteiger partial charge in [0.05, 0.1) is 15.3 Å². The molecule has 33 heavy (non-hydrogen) atoms. The summed E-state index contributed by atoms with van der Waals surface area (Å²) in [5.41, 5.74) is -0.573. The molecule has 0 radical (unpaired) electrons. The molecule has 0 amide bonds. The second-order valence-corrected chi connectivity index (χ2v) is 10.9. The van der Waals surface area contributed by atoms with Crippen LogP contribution in [0.5, 0.6) is 0 Å². The van der Waals surface area contributed by atoms with E-state index in [-0.39, 0.29) is 39.0 Å². The van der Waals surface area contributed by atoms with Crippen LogP contribution in [0.1, 0.15) is 33.3 Å². The Bertz CT molecular complexity index is 1460. The van der Waals surface area contributed by atoms with Gasteiger partial charge < -0.3 is 4.90 Å². The van der Waals surface area contributed by atoms with Crippen LogP contribution in [0, 0.1) is 4.78 Å². The predicted molar refractivity (Wildman–Crippen MR) is 118 cm³/mol. The van der Waals surface area contributed by atoms with Gasteiger partial charge in [-0.2, -0.15) is 22.8 Å². The number of fused-ring (bicyclic) bond motifs is 2. The maximum absolute atomic E-state index is 13.1.